The fourth-order valence-electron chi connectivity index (χ4n) is 5.24. The number of hydrogen-bond donors (Lipinski definition) is 2. The van der Waals surface area contributed by atoms with Gasteiger partial charge in [0, 0.05) is 37.4 Å². The van der Waals surface area contributed by atoms with E-state index in [1.165, 1.54) is 12.8 Å². The van der Waals surface area contributed by atoms with Crippen LogP contribution in [0.25, 0.3) is 0 Å². The Bertz CT molecular complexity index is 678. The van der Waals surface area contributed by atoms with Gasteiger partial charge in [0.05, 0.1) is 19.9 Å². The molecule has 0 aromatic heterocycles. The molecule has 28 heavy (non-hydrogen) atoms. The Balaban J connectivity index is 1.35. The van der Waals surface area contributed by atoms with Crippen LogP contribution < -0.4 is 20.1 Å². The quantitative estimate of drug-likeness (QED) is 0.810. The van der Waals surface area contributed by atoms with Crippen LogP contribution in [-0.4, -0.2) is 62.5 Å². The van der Waals surface area contributed by atoms with Gasteiger partial charge in [0.2, 0.25) is 0 Å². The first kappa shape index (κ1) is 19.3. The number of urea groups is 1. The molecule has 3 saturated heterocycles. The van der Waals surface area contributed by atoms with E-state index in [0.717, 1.165) is 38.9 Å². The molecule has 0 spiro atoms. The number of benzene rings is 1. The molecule has 1 aromatic rings. The molecule has 3 aliphatic heterocycles. The summed E-state index contributed by atoms with van der Waals surface area (Å²) >= 11 is 0. The van der Waals surface area contributed by atoms with Gasteiger partial charge < -0.3 is 24.8 Å². The second-order valence-corrected chi connectivity index (χ2v) is 7.98. The largest absolute Gasteiger partial charge is 0.493 e. The molecule has 2 amide bonds. The molecule has 3 aliphatic rings. The average molecular weight is 389 g/mol. The highest BCUT2D eigenvalue weighted by molar-refractivity contribution is 5.91. The number of piperidine rings is 1. The molecule has 0 radical (unpaired) electrons. The molecular weight excluding hydrogens is 358 g/mol. The lowest BCUT2D eigenvalue weighted by Gasteiger charge is -2.45. The number of hydrogen-bond acceptors (Lipinski definition) is 5. The summed E-state index contributed by atoms with van der Waals surface area (Å²) in [6, 6.07) is 7.31. The number of fused-ring (bicyclic) bond motifs is 2. The van der Waals surface area contributed by atoms with Crippen molar-refractivity contribution in [3.05, 3.63) is 18.2 Å². The second-order valence-electron chi connectivity index (χ2n) is 7.98. The molecule has 0 aliphatic carbocycles. The van der Waals surface area contributed by atoms with Crippen molar-refractivity contribution in [2.75, 3.05) is 32.8 Å². The third kappa shape index (κ3) is 3.91. The summed E-state index contributed by atoms with van der Waals surface area (Å²) in [6.45, 7) is 1.76. The summed E-state index contributed by atoms with van der Waals surface area (Å²) in [6.07, 6.45) is 6.81. The normalized spacial score (nSPS) is 28.0. The van der Waals surface area contributed by atoms with Gasteiger partial charge in [-0.3, -0.25) is 4.90 Å². The maximum absolute atomic E-state index is 12.6. The molecule has 4 rings (SSSR count). The van der Waals surface area contributed by atoms with Gasteiger partial charge in [0.25, 0.3) is 0 Å². The van der Waals surface area contributed by atoms with Gasteiger partial charge in [0.1, 0.15) is 0 Å². The zero-order valence-electron chi connectivity index (χ0n) is 16.8. The molecule has 2 bridgehead atoms. The Hall–Kier alpha value is -1.99. The highest BCUT2D eigenvalue weighted by Crippen LogP contribution is 2.39. The fourth-order valence-corrected chi connectivity index (χ4v) is 5.24. The molecule has 3 fully saturated rings. The standard InChI is InChI=1S/C21H31N3O4/c1-26-19-5-3-4-18(20(19)27-2)23-21(25)22-14-12-16-6-7-17(13-14)24(16)15-8-10-28-11-9-15/h3-5,14-17H,6-13H2,1-2H3,(H2,22,23,25). The highest BCUT2D eigenvalue weighted by atomic mass is 16.5. The molecule has 154 valence electrons. The lowest BCUT2D eigenvalue weighted by atomic mass is 9.93. The van der Waals surface area contributed by atoms with Gasteiger partial charge in [0.15, 0.2) is 11.5 Å². The van der Waals surface area contributed by atoms with E-state index in [9.17, 15) is 4.79 Å². The lowest BCUT2D eigenvalue weighted by molar-refractivity contribution is -0.00401. The molecule has 7 heteroatoms. The lowest BCUT2D eigenvalue weighted by Crippen LogP contribution is -2.55. The topological polar surface area (TPSA) is 72.1 Å². The molecular formula is C21H31N3O4. The number of carbonyl (C=O) groups excluding carboxylic acids is 1. The van der Waals surface area contributed by atoms with E-state index in [4.69, 9.17) is 14.2 Å². The van der Waals surface area contributed by atoms with Crippen LogP contribution in [0.2, 0.25) is 0 Å². The smallest absolute Gasteiger partial charge is 0.319 e. The number of para-hydroxylation sites is 1. The van der Waals surface area contributed by atoms with Crippen LogP contribution in [0.3, 0.4) is 0 Å². The first-order valence-corrected chi connectivity index (χ1v) is 10.3. The average Bonchev–Trinajstić information content (AvgIpc) is 2.99. The van der Waals surface area contributed by atoms with Crippen molar-refractivity contribution in [2.45, 2.75) is 62.7 Å². The van der Waals surface area contributed by atoms with E-state index in [1.54, 1.807) is 14.2 Å². The number of anilines is 1. The van der Waals surface area contributed by atoms with Crippen molar-refractivity contribution in [3.63, 3.8) is 0 Å². The summed E-state index contributed by atoms with van der Waals surface area (Å²) < 4.78 is 16.2. The van der Waals surface area contributed by atoms with E-state index in [1.807, 2.05) is 18.2 Å². The van der Waals surface area contributed by atoms with E-state index in [-0.39, 0.29) is 12.1 Å². The number of nitrogens with zero attached hydrogens (tertiary/aromatic N) is 1. The Morgan fingerprint density at radius 2 is 1.75 bits per heavy atom. The van der Waals surface area contributed by atoms with Crippen LogP contribution in [0.4, 0.5) is 10.5 Å². The number of ether oxygens (including phenoxy) is 3. The minimum atomic E-state index is -0.185. The Morgan fingerprint density at radius 1 is 1.04 bits per heavy atom. The molecule has 0 saturated carbocycles. The minimum absolute atomic E-state index is 0.185. The SMILES string of the molecule is COc1cccc(NC(=O)NC2CC3CCC(C2)N3C2CCOCC2)c1OC. The summed E-state index contributed by atoms with van der Waals surface area (Å²) in [4.78, 5) is 15.4. The number of rotatable bonds is 5. The van der Waals surface area contributed by atoms with Gasteiger partial charge in [-0.25, -0.2) is 4.79 Å². The maximum Gasteiger partial charge on any atom is 0.319 e. The molecule has 2 unspecified atom stereocenters. The molecule has 3 heterocycles. The van der Waals surface area contributed by atoms with E-state index in [2.05, 4.69) is 15.5 Å². The van der Waals surface area contributed by atoms with Crippen molar-refractivity contribution >= 4 is 11.7 Å². The molecule has 2 atom stereocenters. The Labute approximate surface area is 166 Å². The molecule has 7 nitrogen and oxygen atoms in total. The minimum Gasteiger partial charge on any atom is -0.493 e. The van der Waals surface area contributed by atoms with E-state index in [0.29, 0.717) is 35.3 Å². The summed E-state index contributed by atoms with van der Waals surface area (Å²) in [5.74, 6) is 1.14. The zero-order valence-corrected chi connectivity index (χ0v) is 16.8. The van der Waals surface area contributed by atoms with Gasteiger partial charge in [-0.2, -0.15) is 0 Å². The third-order valence-corrected chi connectivity index (χ3v) is 6.39. The zero-order chi connectivity index (χ0) is 19.5. The summed E-state index contributed by atoms with van der Waals surface area (Å²) in [5, 5.41) is 6.11. The van der Waals surface area contributed by atoms with Crippen LogP contribution in [0, 0.1) is 0 Å². The predicted molar refractivity (Wildman–Crippen MR) is 107 cm³/mol. The molecule has 1 aromatic carbocycles. The highest BCUT2D eigenvalue weighted by Gasteiger charge is 2.44. The van der Waals surface area contributed by atoms with Crippen molar-refractivity contribution in [3.8, 4) is 11.5 Å². The third-order valence-electron chi connectivity index (χ3n) is 6.39. The molecule has 2 N–H and O–H groups in total. The summed E-state index contributed by atoms with van der Waals surface area (Å²) in [5.41, 5.74) is 0.613. The van der Waals surface area contributed by atoms with Crippen molar-refractivity contribution in [1.82, 2.24) is 10.2 Å². The Morgan fingerprint density at radius 3 is 2.39 bits per heavy atom. The van der Waals surface area contributed by atoms with Crippen LogP contribution in [0.5, 0.6) is 11.5 Å². The van der Waals surface area contributed by atoms with Gasteiger partial charge in [-0.05, 0) is 50.7 Å². The van der Waals surface area contributed by atoms with Crippen molar-refractivity contribution < 1.29 is 19.0 Å². The second kappa shape index (κ2) is 8.57. The maximum atomic E-state index is 12.6. The number of carbonyl (C=O) groups is 1. The van der Waals surface area contributed by atoms with Gasteiger partial charge in [-0.1, -0.05) is 6.07 Å². The monoisotopic (exact) mass is 389 g/mol. The van der Waals surface area contributed by atoms with Crippen molar-refractivity contribution in [1.29, 1.82) is 0 Å². The predicted octanol–water partition coefficient (Wildman–Crippen LogP) is 3.00. The number of amides is 2. The van der Waals surface area contributed by atoms with E-state index >= 15 is 0 Å². The van der Waals surface area contributed by atoms with Crippen LogP contribution in [0.1, 0.15) is 38.5 Å². The van der Waals surface area contributed by atoms with Crippen LogP contribution >= 0.6 is 0 Å². The van der Waals surface area contributed by atoms with Gasteiger partial charge in [-0.15, -0.1) is 0 Å². The Kier molecular flexibility index (Phi) is 5.92. The first-order valence-electron chi connectivity index (χ1n) is 10.3. The summed E-state index contributed by atoms with van der Waals surface area (Å²) in [7, 11) is 3.16. The first-order chi connectivity index (χ1) is 13.7. The van der Waals surface area contributed by atoms with Gasteiger partial charge >= 0.3 is 6.03 Å². The number of methoxy groups -OCH3 is 2. The van der Waals surface area contributed by atoms with Crippen LogP contribution in [-0.2, 0) is 4.74 Å². The van der Waals surface area contributed by atoms with Crippen molar-refractivity contribution in [2.24, 2.45) is 0 Å². The van der Waals surface area contributed by atoms with Crippen LogP contribution in [0.15, 0.2) is 18.2 Å². The van der Waals surface area contributed by atoms with E-state index < -0.39 is 0 Å². The number of nitrogens with one attached hydrogen (secondary N) is 2. The fraction of sp³-hybridized carbons (Fsp3) is 0.667.